The molecule has 2 heterocycles. The monoisotopic (exact) mass is 196 g/mol. The molecule has 7 heteroatoms. The summed E-state index contributed by atoms with van der Waals surface area (Å²) in [7, 11) is 0. The summed E-state index contributed by atoms with van der Waals surface area (Å²) in [5.74, 6) is 0.243. The van der Waals surface area contributed by atoms with Crippen molar-refractivity contribution in [3.63, 3.8) is 0 Å². The number of aliphatic hydroxyl groups excluding tert-OH is 1. The van der Waals surface area contributed by atoms with Gasteiger partial charge in [-0.2, -0.15) is 0 Å². The number of aromatic nitrogens is 4. The van der Waals surface area contributed by atoms with Crippen molar-refractivity contribution in [2.24, 2.45) is 0 Å². The van der Waals surface area contributed by atoms with Gasteiger partial charge in [0.25, 0.3) is 5.56 Å². The molecule has 2 rings (SSSR count). The van der Waals surface area contributed by atoms with Gasteiger partial charge in [-0.25, -0.2) is 9.78 Å². The fourth-order valence-electron chi connectivity index (χ4n) is 1.15. The molecular formula is C7H8N4O3. The highest BCUT2D eigenvalue weighted by Crippen LogP contribution is 2.09. The third-order valence-electron chi connectivity index (χ3n) is 1.80. The molecule has 0 fully saturated rings. The van der Waals surface area contributed by atoms with Crippen molar-refractivity contribution in [3.8, 4) is 0 Å². The number of nitrogens with one attached hydrogen (secondary N) is 3. The molecule has 0 amide bonds. The first-order chi connectivity index (χ1) is 6.58. The Morgan fingerprint density at radius 3 is 2.64 bits per heavy atom. The molecule has 0 saturated heterocycles. The summed E-state index contributed by atoms with van der Waals surface area (Å²) >= 11 is 0. The Morgan fingerprint density at radius 1 is 1.29 bits per heavy atom. The highest BCUT2D eigenvalue weighted by molar-refractivity contribution is 5.68. The number of nitrogens with zero attached hydrogens (tertiary/aromatic N) is 1. The molecule has 0 unspecified atom stereocenters. The predicted molar refractivity (Wildman–Crippen MR) is 48.0 cm³/mol. The molecule has 1 atom stereocenters. The summed E-state index contributed by atoms with van der Waals surface area (Å²) in [6.45, 7) is 1.50. The number of fused-ring (bicyclic) bond motifs is 1. The second-order valence-electron chi connectivity index (χ2n) is 2.93. The fourth-order valence-corrected chi connectivity index (χ4v) is 1.15. The maximum atomic E-state index is 11.2. The predicted octanol–water partition coefficient (Wildman–Crippen LogP) is -1.01. The first-order valence-electron chi connectivity index (χ1n) is 3.98. The van der Waals surface area contributed by atoms with E-state index < -0.39 is 17.4 Å². The zero-order chi connectivity index (χ0) is 10.3. The zero-order valence-electron chi connectivity index (χ0n) is 7.29. The van der Waals surface area contributed by atoms with E-state index in [-0.39, 0.29) is 17.0 Å². The lowest BCUT2D eigenvalue weighted by Crippen LogP contribution is -2.21. The van der Waals surface area contributed by atoms with Crippen LogP contribution in [0, 0.1) is 0 Å². The van der Waals surface area contributed by atoms with Crippen LogP contribution >= 0.6 is 0 Å². The summed E-state index contributed by atoms with van der Waals surface area (Å²) in [6.07, 6.45) is -0.815. The van der Waals surface area contributed by atoms with E-state index in [0.29, 0.717) is 0 Å². The second-order valence-corrected chi connectivity index (χ2v) is 2.93. The van der Waals surface area contributed by atoms with Crippen molar-refractivity contribution in [3.05, 3.63) is 26.7 Å². The van der Waals surface area contributed by atoms with E-state index in [0.717, 1.165) is 0 Å². The average molecular weight is 196 g/mol. The first-order valence-corrected chi connectivity index (χ1v) is 3.98. The van der Waals surface area contributed by atoms with Gasteiger partial charge in [-0.1, -0.05) is 0 Å². The van der Waals surface area contributed by atoms with Crippen molar-refractivity contribution in [1.82, 2.24) is 19.9 Å². The number of hydrogen-bond donors (Lipinski definition) is 4. The van der Waals surface area contributed by atoms with E-state index >= 15 is 0 Å². The Bertz CT molecular complexity index is 576. The molecule has 0 aliphatic rings. The van der Waals surface area contributed by atoms with E-state index in [1.807, 2.05) is 4.98 Å². The largest absolute Gasteiger partial charge is 0.385 e. The van der Waals surface area contributed by atoms with Gasteiger partial charge in [0.05, 0.1) is 0 Å². The van der Waals surface area contributed by atoms with Crippen molar-refractivity contribution in [2.45, 2.75) is 13.0 Å². The number of aliphatic hydroxyl groups is 1. The maximum Gasteiger partial charge on any atom is 0.327 e. The SMILES string of the molecule is C[C@H](O)c1nc2[nH]c(=O)[nH]c(=O)c2[nH]1. The van der Waals surface area contributed by atoms with E-state index in [9.17, 15) is 14.7 Å². The summed E-state index contributed by atoms with van der Waals surface area (Å²) in [6, 6.07) is 0. The van der Waals surface area contributed by atoms with Gasteiger partial charge in [-0.3, -0.25) is 14.8 Å². The van der Waals surface area contributed by atoms with Gasteiger partial charge in [-0.05, 0) is 6.92 Å². The Morgan fingerprint density at radius 2 is 2.00 bits per heavy atom. The molecule has 0 bridgehead atoms. The van der Waals surface area contributed by atoms with Crippen LogP contribution in [0.15, 0.2) is 9.59 Å². The quantitative estimate of drug-likeness (QED) is 0.468. The lowest BCUT2D eigenvalue weighted by Gasteiger charge is -1.94. The average Bonchev–Trinajstić information content (AvgIpc) is 2.47. The van der Waals surface area contributed by atoms with Gasteiger partial charge in [0.1, 0.15) is 17.4 Å². The van der Waals surface area contributed by atoms with Crippen LogP contribution in [0.25, 0.3) is 11.2 Å². The van der Waals surface area contributed by atoms with Gasteiger partial charge >= 0.3 is 5.69 Å². The number of H-pyrrole nitrogens is 3. The summed E-state index contributed by atoms with van der Waals surface area (Å²) in [5.41, 5.74) is -0.871. The second kappa shape index (κ2) is 2.81. The molecule has 0 spiro atoms. The van der Waals surface area contributed by atoms with Crippen molar-refractivity contribution < 1.29 is 5.11 Å². The van der Waals surface area contributed by atoms with Crippen LogP contribution in [0.5, 0.6) is 0 Å². The molecule has 0 radical (unpaired) electrons. The fraction of sp³-hybridized carbons (Fsp3) is 0.286. The van der Waals surface area contributed by atoms with Gasteiger partial charge in [-0.15, -0.1) is 0 Å². The first kappa shape index (κ1) is 8.70. The third kappa shape index (κ3) is 1.23. The summed E-state index contributed by atoms with van der Waals surface area (Å²) in [5, 5.41) is 9.19. The van der Waals surface area contributed by atoms with Gasteiger partial charge in [0.2, 0.25) is 0 Å². The minimum absolute atomic E-state index is 0.148. The number of aromatic amines is 3. The molecule has 2 aromatic heterocycles. The Labute approximate surface area is 76.8 Å². The van der Waals surface area contributed by atoms with Crippen LogP contribution < -0.4 is 11.2 Å². The van der Waals surface area contributed by atoms with Crippen LogP contribution in [0.1, 0.15) is 18.9 Å². The van der Waals surface area contributed by atoms with Crippen molar-refractivity contribution >= 4 is 11.2 Å². The standard InChI is InChI=1S/C7H8N4O3/c1-2(12)4-8-3-5(9-4)10-7(14)11-6(3)13/h2,12H,1H3,(H3,8,9,10,11,13,14)/t2-/m0/s1. The highest BCUT2D eigenvalue weighted by Gasteiger charge is 2.10. The van der Waals surface area contributed by atoms with Crippen LogP contribution in [0.2, 0.25) is 0 Å². The Balaban J connectivity index is 2.84. The van der Waals surface area contributed by atoms with E-state index in [2.05, 4.69) is 15.0 Å². The van der Waals surface area contributed by atoms with E-state index in [4.69, 9.17) is 0 Å². The number of rotatable bonds is 1. The third-order valence-corrected chi connectivity index (χ3v) is 1.80. The van der Waals surface area contributed by atoms with E-state index in [1.54, 1.807) is 0 Å². The maximum absolute atomic E-state index is 11.2. The zero-order valence-corrected chi connectivity index (χ0v) is 7.29. The van der Waals surface area contributed by atoms with E-state index in [1.165, 1.54) is 6.92 Å². The highest BCUT2D eigenvalue weighted by atomic mass is 16.3. The molecule has 7 nitrogen and oxygen atoms in total. The smallest absolute Gasteiger partial charge is 0.327 e. The van der Waals surface area contributed by atoms with Crippen LogP contribution in [0.4, 0.5) is 0 Å². The molecule has 14 heavy (non-hydrogen) atoms. The summed E-state index contributed by atoms with van der Waals surface area (Å²) in [4.78, 5) is 32.9. The Hall–Kier alpha value is -1.89. The molecule has 0 aliphatic carbocycles. The summed E-state index contributed by atoms with van der Waals surface area (Å²) < 4.78 is 0. The molecule has 0 aromatic carbocycles. The van der Waals surface area contributed by atoms with Crippen LogP contribution in [-0.2, 0) is 0 Å². The number of imidazole rings is 1. The molecule has 0 saturated carbocycles. The van der Waals surface area contributed by atoms with Gasteiger partial charge in [0, 0.05) is 0 Å². The Kier molecular flexibility index (Phi) is 1.74. The minimum atomic E-state index is -0.815. The molecule has 2 aromatic rings. The van der Waals surface area contributed by atoms with Gasteiger partial charge in [0.15, 0.2) is 5.65 Å². The minimum Gasteiger partial charge on any atom is -0.385 e. The van der Waals surface area contributed by atoms with Gasteiger partial charge < -0.3 is 10.1 Å². The van der Waals surface area contributed by atoms with Crippen LogP contribution in [0.3, 0.4) is 0 Å². The lowest BCUT2D eigenvalue weighted by molar-refractivity contribution is 0.190. The number of hydrogen-bond acceptors (Lipinski definition) is 4. The lowest BCUT2D eigenvalue weighted by atomic mass is 10.4. The molecule has 4 N–H and O–H groups in total. The van der Waals surface area contributed by atoms with Crippen molar-refractivity contribution in [2.75, 3.05) is 0 Å². The molecule has 0 aliphatic heterocycles. The molecular weight excluding hydrogens is 188 g/mol. The normalized spacial score (nSPS) is 13.3. The van der Waals surface area contributed by atoms with Crippen molar-refractivity contribution in [1.29, 1.82) is 0 Å². The van der Waals surface area contributed by atoms with Crippen LogP contribution in [-0.4, -0.2) is 25.0 Å². The topological polar surface area (TPSA) is 115 Å². The molecule has 74 valence electrons.